The lowest BCUT2D eigenvalue weighted by atomic mass is 10.9. The maximum atomic E-state index is 10.4. The molecule has 0 rings (SSSR count). The molecule has 0 amide bonds. The molecule has 0 radical (unpaired) electrons. The molecule has 0 saturated heterocycles. The summed E-state index contributed by atoms with van der Waals surface area (Å²) in [5.74, 6) is -2.10. The van der Waals surface area contributed by atoms with Crippen LogP contribution < -0.4 is 11.0 Å². The maximum absolute atomic E-state index is 10.4. The molecule has 0 fully saturated rings. The maximum Gasteiger partial charge on any atom is 0.376 e. The van der Waals surface area contributed by atoms with E-state index in [1.165, 1.54) is 0 Å². The van der Waals surface area contributed by atoms with Crippen LogP contribution in [0.5, 0.6) is 0 Å². The van der Waals surface area contributed by atoms with Crippen LogP contribution in [0.25, 0.3) is 0 Å². The second-order valence-electron chi connectivity index (χ2n) is 1.61. The van der Waals surface area contributed by atoms with Gasteiger partial charge >= 0.3 is 19.8 Å². The monoisotopic (exact) mass is 199 g/mol. The Morgan fingerprint density at radius 3 is 1.58 bits per heavy atom. The third kappa shape index (κ3) is 7.20. The van der Waals surface area contributed by atoms with Crippen molar-refractivity contribution in [1.82, 2.24) is 6.15 Å². The van der Waals surface area contributed by atoms with Gasteiger partial charge in [0, 0.05) is 13.8 Å². The van der Waals surface area contributed by atoms with Crippen LogP contribution in [0, 0.1) is 0 Å². The van der Waals surface area contributed by atoms with Crippen molar-refractivity contribution in [2.45, 2.75) is 13.8 Å². The van der Waals surface area contributed by atoms with Crippen molar-refractivity contribution in [2.24, 2.45) is 0 Å². The van der Waals surface area contributed by atoms with Gasteiger partial charge in [0.15, 0.2) is 0 Å². The molecule has 0 atom stereocenters. The summed E-state index contributed by atoms with van der Waals surface area (Å²) in [7, 11) is -4.75. The molecule has 0 aliphatic rings. The normalized spacial score (nSPS) is 9.58. The first-order chi connectivity index (χ1) is 4.83. The van der Waals surface area contributed by atoms with E-state index in [0.717, 1.165) is 13.8 Å². The molecule has 0 unspecified atom stereocenters. The average molecular weight is 199 g/mol. The summed E-state index contributed by atoms with van der Waals surface area (Å²) in [4.78, 5) is 30.5. The van der Waals surface area contributed by atoms with Crippen molar-refractivity contribution in [2.75, 3.05) is 0 Å². The van der Waals surface area contributed by atoms with E-state index in [-0.39, 0.29) is 6.15 Å². The Kier molecular flexibility index (Phi) is 5.54. The zero-order valence-corrected chi connectivity index (χ0v) is 7.79. The third-order valence-electron chi connectivity index (χ3n) is 0.481. The molecule has 0 heterocycles. The minimum absolute atomic E-state index is 0. The van der Waals surface area contributed by atoms with E-state index < -0.39 is 19.8 Å². The molecule has 0 aromatic carbocycles. The van der Waals surface area contributed by atoms with Crippen molar-refractivity contribution in [3.63, 3.8) is 0 Å². The van der Waals surface area contributed by atoms with Crippen LogP contribution in [-0.4, -0.2) is 11.9 Å². The summed E-state index contributed by atoms with van der Waals surface area (Å²) in [6.45, 7) is 1.77. The Morgan fingerprint density at radius 2 is 1.42 bits per heavy atom. The summed E-state index contributed by atoms with van der Waals surface area (Å²) >= 11 is 0. The molecular formula is C4H10NO6P. The third-order valence-corrected chi connectivity index (χ3v) is 1.44. The van der Waals surface area contributed by atoms with E-state index in [2.05, 4.69) is 9.05 Å². The van der Waals surface area contributed by atoms with Gasteiger partial charge in [-0.25, -0.2) is 4.57 Å². The molecule has 0 aromatic heterocycles. The van der Waals surface area contributed by atoms with Gasteiger partial charge in [-0.15, -0.1) is 0 Å². The van der Waals surface area contributed by atoms with Crippen LogP contribution in [-0.2, 0) is 23.2 Å². The number of hydrogen-bond acceptors (Lipinski definition) is 6. The molecule has 7 nitrogen and oxygen atoms in total. The van der Waals surface area contributed by atoms with Gasteiger partial charge in [0.2, 0.25) is 0 Å². The van der Waals surface area contributed by atoms with Gasteiger partial charge in [0.25, 0.3) is 0 Å². The fourth-order valence-corrected chi connectivity index (χ4v) is 1.00. The molecule has 0 bridgehead atoms. The Labute approximate surface area is 68.9 Å². The predicted molar refractivity (Wildman–Crippen MR) is 37.1 cm³/mol. The highest BCUT2D eigenvalue weighted by molar-refractivity contribution is 7.47. The number of quaternary nitrogens is 1. The van der Waals surface area contributed by atoms with Gasteiger partial charge in [-0.1, -0.05) is 0 Å². The van der Waals surface area contributed by atoms with Gasteiger partial charge in [0.1, 0.15) is 0 Å². The summed E-state index contributed by atoms with van der Waals surface area (Å²) < 4.78 is 17.7. The number of phosphoric ester groups is 1. The van der Waals surface area contributed by atoms with Crippen molar-refractivity contribution >= 4 is 19.8 Å². The number of hydrogen-bond donors (Lipinski definition) is 1. The minimum atomic E-state index is -4.75. The summed E-state index contributed by atoms with van der Waals surface area (Å²) in [6, 6.07) is 0. The Morgan fingerprint density at radius 1 is 1.17 bits per heavy atom. The second-order valence-corrected chi connectivity index (χ2v) is 2.87. The number of rotatable bonds is 2. The lowest BCUT2D eigenvalue weighted by Crippen LogP contribution is -2.13. The van der Waals surface area contributed by atoms with E-state index >= 15 is 0 Å². The lowest BCUT2D eigenvalue weighted by Gasteiger charge is -2.19. The minimum Gasteiger partial charge on any atom is -0.736 e. The van der Waals surface area contributed by atoms with Crippen LogP contribution in [0.3, 0.4) is 0 Å². The Balaban J connectivity index is 0. The molecule has 8 heteroatoms. The van der Waals surface area contributed by atoms with E-state index in [1.807, 2.05) is 0 Å². The highest BCUT2D eigenvalue weighted by Crippen LogP contribution is 2.38. The summed E-state index contributed by atoms with van der Waals surface area (Å²) in [5, 5.41) is 0. The van der Waals surface area contributed by atoms with Gasteiger partial charge in [0.05, 0.1) is 0 Å². The van der Waals surface area contributed by atoms with Crippen LogP contribution >= 0.6 is 7.82 Å². The largest absolute Gasteiger partial charge is 0.736 e. The van der Waals surface area contributed by atoms with Crippen molar-refractivity contribution in [3.05, 3.63) is 0 Å². The smallest absolute Gasteiger partial charge is 0.376 e. The average Bonchev–Trinajstić information content (AvgIpc) is 1.53. The predicted octanol–water partition coefficient (Wildman–Crippen LogP) is -0.0428. The van der Waals surface area contributed by atoms with Crippen LogP contribution in [0.4, 0.5) is 0 Å². The van der Waals surface area contributed by atoms with Crippen LogP contribution in [0.1, 0.15) is 13.8 Å². The molecule has 72 valence electrons. The lowest BCUT2D eigenvalue weighted by molar-refractivity contribution is -0.223. The molecule has 0 spiro atoms. The zero-order chi connectivity index (χ0) is 9.07. The quantitative estimate of drug-likeness (QED) is 0.620. The second kappa shape index (κ2) is 4.87. The van der Waals surface area contributed by atoms with Crippen LogP contribution in [0.15, 0.2) is 0 Å². The molecule has 0 aliphatic heterocycles. The van der Waals surface area contributed by atoms with Gasteiger partial charge in [-0.05, 0) is 0 Å². The molecular weight excluding hydrogens is 189 g/mol. The van der Waals surface area contributed by atoms with E-state index in [4.69, 9.17) is 0 Å². The number of carbonyl (C=O) groups excluding carboxylic acids is 2. The van der Waals surface area contributed by atoms with E-state index in [9.17, 15) is 19.0 Å². The zero-order valence-electron chi connectivity index (χ0n) is 6.90. The Bertz CT molecular complexity index is 206. The molecule has 0 aliphatic carbocycles. The number of phosphoric acid groups is 1. The van der Waals surface area contributed by atoms with E-state index in [1.54, 1.807) is 0 Å². The van der Waals surface area contributed by atoms with Gasteiger partial charge in [-0.3, -0.25) is 9.59 Å². The molecule has 0 aromatic rings. The standard InChI is InChI=1S/C4H7O6P.H3N/c1-3(5)9-11(7,8)10-4(2)6;/h1-2H3,(H,7,8);1H3. The molecule has 4 N–H and O–H groups in total. The molecule has 0 saturated carbocycles. The van der Waals surface area contributed by atoms with Crippen molar-refractivity contribution in [1.29, 1.82) is 0 Å². The van der Waals surface area contributed by atoms with Crippen LogP contribution in [0.2, 0.25) is 0 Å². The molecule has 12 heavy (non-hydrogen) atoms. The highest BCUT2D eigenvalue weighted by atomic mass is 31.2. The van der Waals surface area contributed by atoms with E-state index in [0.29, 0.717) is 0 Å². The first-order valence-electron chi connectivity index (χ1n) is 2.55. The van der Waals surface area contributed by atoms with Crippen molar-refractivity contribution in [3.8, 4) is 0 Å². The summed E-state index contributed by atoms with van der Waals surface area (Å²) in [5.41, 5.74) is 0. The topological polar surface area (TPSA) is 129 Å². The SMILES string of the molecule is CC(=O)OP(=O)([O-])OC(C)=O.[NH4+]. The first kappa shape index (κ1) is 13.7. The van der Waals surface area contributed by atoms with Gasteiger partial charge in [-0.2, -0.15) is 0 Å². The summed E-state index contributed by atoms with van der Waals surface area (Å²) in [6.07, 6.45) is 0. The Hall–Kier alpha value is -0.910. The number of carbonyl (C=O) groups is 2. The highest BCUT2D eigenvalue weighted by Gasteiger charge is 2.14. The van der Waals surface area contributed by atoms with Gasteiger partial charge < -0.3 is 20.1 Å². The fraction of sp³-hybridized carbons (Fsp3) is 0.500. The fourth-order valence-electron chi connectivity index (χ4n) is 0.334. The first-order valence-corrected chi connectivity index (χ1v) is 4.01. The van der Waals surface area contributed by atoms with Crippen molar-refractivity contribution < 1.29 is 28.1 Å².